The summed E-state index contributed by atoms with van der Waals surface area (Å²) in [5.41, 5.74) is 0. The minimum absolute atomic E-state index is 0.0362. The van der Waals surface area contributed by atoms with Gasteiger partial charge in [-0.2, -0.15) is 0 Å². The molecule has 0 rings (SSSR count). The molecular formula is C49H96O15P2. The lowest BCUT2D eigenvalue weighted by atomic mass is 9.99. The number of rotatable bonds is 49. The number of carbonyl (C=O) groups excluding carboxylic acids is 2. The van der Waals surface area contributed by atoms with Crippen molar-refractivity contribution >= 4 is 27.6 Å². The first-order valence-corrected chi connectivity index (χ1v) is 29.0. The van der Waals surface area contributed by atoms with Crippen LogP contribution in [0.2, 0.25) is 0 Å². The van der Waals surface area contributed by atoms with E-state index in [1.807, 2.05) is 6.08 Å². The minimum Gasteiger partial charge on any atom is -0.462 e. The average Bonchev–Trinajstić information content (AvgIpc) is 3.28. The molecule has 6 atom stereocenters. The van der Waals surface area contributed by atoms with Gasteiger partial charge in [0.1, 0.15) is 12.7 Å². The quantitative estimate of drug-likeness (QED) is 0.0144. The molecule has 0 radical (unpaired) electrons. The minimum atomic E-state index is -4.88. The molecule has 0 aliphatic carbocycles. The Kier molecular flexibility index (Phi) is 43.0. The fraction of sp³-hybridized carbons (Fsp3) is 0.918. The molecule has 17 heteroatoms. The van der Waals surface area contributed by atoms with Crippen molar-refractivity contribution in [2.75, 3.05) is 26.4 Å². The normalized spacial score (nSPS) is 15.3. The number of aliphatic hydroxyl groups is 3. The molecule has 0 spiro atoms. The molecule has 0 fully saturated rings. The maximum atomic E-state index is 12.7. The molecule has 0 heterocycles. The van der Waals surface area contributed by atoms with Crippen LogP contribution >= 0.6 is 15.6 Å². The molecule has 0 amide bonds. The van der Waals surface area contributed by atoms with Crippen LogP contribution in [0.1, 0.15) is 233 Å². The van der Waals surface area contributed by atoms with E-state index < -0.39 is 78.4 Å². The van der Waals surface area contributed by atoms with Crippen LogP contribution in [-0.4, -0.2) is 92.8 Å². The Labute approximate surface area is 399 Å². The van der Waals surface area contributed by atoms with Crippen LogP contribution in [0, 0.1) is 5.92 Å². The summed E-state index contributed by atoms with van der Waals surface area (Å²) >= 11 is 0. The highest BCUT2D eigenvalue weighted by molar-refractivity contribution is 7.47. The van der Waals surface area contributed by atoms with E-state index in [-0.39, 0.29) is 12.8 Å². The predicted molar refractivity (Wildman–Crippen MR) is 261 cm³/mol. The number of allylic oxidation sites excluding steroid dienone is 1. The molecule has 66 heavy (non-hydrogen) atoms. The largest absolute Gasteiger partial charge is 0.472 e. The number of carbonyl (C=O) groups is 2. The summed E-state index contributed by atoms with van der Waals surface area (Å²) in [7, 11) is -9.73. The SMILES string of the molecule is CCCCC/C=C\C[C@H](O)[C@@H](O)CCCCCCCC(=O)O[C@H](COC(=O)CCCCCCCCCCCCCCCCCCCCC(C)CC)COP(=O)(O)OC[C@@H](O)COP(=O)(O)O. The van der Waals surface area contributed by atoms with Crippen molar-refractivity contribution in [3.8, 4) is 0 Å². The highest BCUT2D eigenvalue weighted by Crippen LogP contribution is 2.44. The van der Waals surface area contributed by atoms with Gasteiger partial charge in [0.15, 0.2) is 6.10 Å². The summed E-state index contributed by atoms with van der Waals surface area (Å²) in [6.45, 7) is 3.95. The molecule has 0 aromatic carbocycles. The van der Waals surface area contributed by atoms with Gasteiger partial charge in [-0.15, -0.1) is 0 Å². The van der Waals surface area contributed by atoms with Crippen molar-refractivity contribution < 1.29 is 71.8 Å². The first kappa shape index (κ1) is 64.8. The molecule has 15 nitrogen and oxygen atoms in total. The van der Waals surface area contributed by atoms with E-state index in [9.17, 15) is 38.9 Å². The van der Waals surface area contributed by atoms with Crippen molar-refractivity contribution in [3.63, 3.8) is 0 Å². The monoisotopic (exact) mass is 987 g/mol. The van der Waals surface area contributed by atoms with Crippen LogP contribution in [0.5, 0.6) is 0 Å². The zero-order valence-corrected chi connectivity index (χ0v) is 43.2. The summed E-state index contributed by atoms with van der Waals surface area (Å²) in [6, 6.07) is 0. The Bertz CT molecular complexity index is 1270. The third-order valence-corrected chi connectivity index (χ3v) is 13.3. The Hall–Kier alpha value is -1.22. The topological polar surface area (TPSA) is 236 Å². The molecule has 392 valence electrons. The summed E-state index contributed by atoms with van der Waals surface area (Å²) < 4.78 is 47.9. The molecule has 0 aliphatic heterocycles. The lowest BCUT2D eigenvalue weighted by Gasteiger charge is -2.20. The highest BCUT2D eigenvalue weighted by atomic mass is 31.2. The molecule has 0 saturated carbocycles. The van der Waals surface area contributed by atoms with Crippen molar-refractivity contribution in [2.45, 2.75) is 257 Å². The van der Waals surface area contributed by atoms with E-state index >= 15 is 0 Å². The molecule has 0 aromatic rings. The molecule has 0 aromatic heterocycles. The number of phosphoric acid groups is 2. The fourth-order valence-corrected chi connectivity index (χ4v) is 8.56. The zero-order valence-electron chi connectivity index (χ0n) is 41.5. The lowest BCUT2D eigenvalue weighted by molar-refractivity contribution is -0.161. The standard InChI is InChI=1S/C49H96O15P2/c1-4-6-7-8-25-30-35-46(51)47(52)36-31-26-23-28-33-38-49(54)64-45(42-63-66(58,59)62-40-44(50)39-61-65(55,56)57)41-60-48(53)37-32-27-22-20-18-16-14-12-10-9-11-13-15-17-19-21-24-29-34-43(3)5-2/h25,30,43-47,50-52H,4-24,26-29,31-42H2,1-3H3,(H,58,59)(H2,55,56,57)/b30-25-/t43?,44-,45+,46-,47-/m0/s1. The Balaban J connectivity index is 4.44. The van der Waals surface area contributed by atoms with Crippen LogP contribution in [0.3, 0.4) is 0 Å². The van der Waals surface area contributed by atoms with Gasteiger partial charge in [-0.1, -0.05) is 193 Å². The van der Waals surface area contributed by atoms with E-state index in [4.69, 9.17) is 23.8 Å². The summed E-state index contributed by atoms with van der Waals surface area (Å²) in [5.74, 6) is -0.251. The van der Waals surface area contributed by atoms with Gasteiger partial charge in [-0.25, -0.2) is 9.13 Å². The summed E-state index contributed by atoms with van der Waals surface area (Å²) in [5, 5.41) is 30.3. The van der Waals surface area contributed by atoms with E-state index in [1.54, 1.807) is 0 Å². The molecule has 6 N–H and O–H groups in total. The smallest absolute Gasteiger partial charge is 0.462 e. The molecule has 0 saturated heterocycles. The van der Waals surface area contributed by atoms with Crippen LogP contribution in [0.4, 0.5) is 0 Å². The Morgan fingerprint density at radius 2 is 0.970 bits per heavy atom. The molecule has 2 unspecified atom stereocenters. The number of hydrogen-bond donors (Lipinski definition) is 6. The summed E-state index contributed by atoms with van der Waals surface area (Å²) in [4.78, 5) is 52.9. The number of ether oxygens (including phenoxy) is 2. The van der Waals surface area contributed by atoms with Gasteiger partial charge >= 0.3 is 27.6 Å². The van der Waals surface area contributed by atoms with E-state index in [2.05, 4.69) is 35.9 Å². The van der Waals surface area contributed by atoms with Crippen molar-refractivity contribution in [2.24, 2.45) is 5.92 Å². The first-order chi connectivity index (χ1) is 31.6. The first-order valence-electron chi connectivity index (χ1n) is 25.9. The van der Waals surface area contributed by atoms with Crippen LogP contribution < -0.4 is 0 Å². The van der Waals surface area contributed by atoms with Crippen molar-refractivity contribution in [3.05, 3.63) is 12.2 Å². The number of esters is 2. The van der Waals surface area contributed by atoms with Gasteiger partial charge in [0.2, 0.25) is 0 Å². The van der Waals surface area contributed by atoms with Crippen molar-refractivity contribution in [1.29, 1.82) is 0 Å². The average molecular weight is 987 g/mol. The molecule has 0 aliphatic rings. The number of aliphatic hydroxyl groups excluding tert-OH is 3. The number of hydrogen-bond acceptors (Lipinski definition) is 12. The Morgan fingerprint density at radius 3 is 1.47 bits per heavy atom. The third kappa shape index (κ3) is 45.2. The van der Waals surface area contributed by atoms with Gasteiger partial charge in [-0.05, 0) is 44.4 Å². The van der Waals surface area contributed by atoms with Crippen LogP contribution in [0.25, 0.3) is 0 Å². The fourth-order valence-electron chi connectivity index (χ4n) is 7.41. The van der Waals surface area contributed by atoms with E-state index in [1.165, 1.54) is 109 Å². The third-order valence-electron chi connectivity index (χ3n) is 11.9. The van der Waals surface area contributed by atoms with E-state index in [0.717, 1.165) is 63.7 Å². The molecular weight excluding hydrogens is 890 g/mol. The maximum Gasteiger partial charge on any atom is 0.472 e. The summed E-state index contributed by atoms with van der Waals surface area (Å²) in [6.07, 6.45) is 33.6. The van der Waals surface area contributed by atoms with Crippen LogP contribution in [0.15, 0.2) is 12.2 Å². The number of unbranched alkanes of at least 4 members (excludes halogenated alkanes) is 24. The van der Waals surface area contributed by atoms with E-state index in [0.29, 0.717) is 32.1 Å². The van der Waals surface area contributed by atoms with Gasteiger partial charge in [0.25, 0.3) is 0 Å². The Morgan fingerprint density at radius 1 is 0.515 bits per heavy atom. The highest BCUT2D eigenvalue weighted by Gasteiger charge is 2.28. The van der Waals surface area contributed by atoms with Crippen molar-refractivity contribution in [1.82, 2.24) is 0 Å². The zero-order chi connectivity index (χ0) is 49.2. The second-order valence-electron chi connectivity index (χ2n) is 18.4. The number of phosphoric ester groups is 2. The second kappa shape index (κ2) is 43.8. The lowest BCUT2D eigenvalue weighted by Crippen LogP contribution is -2.30. The predicted octanol–water partition coefficient (Wildman–Crippen LogP) is 11.9. The maximum absolute atomic E-state index is 12.7. The van der Waals surface area contributed by atoms with Crippen LogP contribution in [-0.2, 0) is 41.8 Å². The van der Waals surface area contributed by atoms with Gasteiger partial charge in [0, 0.05) is 12.8 Å². The van der Waals surface area contributed by atoms with Gasteiger partial charge in [-0.3, -0.25) is 23.2 Å². The second-order valence-corrected chi connectivity index (χ2v) is 21.0. The van der Waals surface area contributed by atoms with Gasteiger partial charge in [0.05, 0.1) is 32.0 Å². The molecule has 0 bridgehead atoms. The van der Waals surface area contributed by atoms with Gasteiger partial charge < -0.3 is 39.5 Å².